The van der Waals surface area contributed by atoms with E-state index in [1.807, 2.05) is 0 Å². The van der Waals surface area contributed by atoms with Crippen LogP contribution in [-0.2, 0) is 50.7 Å². The van der Waals surface area contributed by atoms with Gasteiger partial charge in [-0.2, -0.15) is 4.31 Å². The van der Waals surface area contributed by atoms with E-state index in [9.17, 15) is 63.0 Å². The molecule has 67 heavy (non-hydrogen) atoms. The second-order valence-electron chi connectivity index (χ2n) is 16.5. The Labute approximate surface area is 391 Å². The summed E-state index contributed by atoms with van der Waals surface area (Å²) in [4.78, 5) is 88.3. The van der Waals surface area contributed by atoms with Gasteiger partial charge in [0, 0.05) is 43.7 Å². The highest BCUT2D eigenvalue weighted by Crippen LogP contribution is 2.61. The summed E-state index contributed by atoms with van der Waals surface area (Å²) < 4.78 is 62.4. The van der Waals surface area contributed by atoms with Crippen LogP contribution >= 0.6 is 35.2 Å². The maximum absolute atomic E-state index is 12.7. The van der Waals surface area contributed by atoms with Gasteiger partial charge in [-0.1, -0.05) is 77.0 Å². The van der Waals surface area contributed by atoms with Gasteiger partial charge in [-0.25, -0.2) is 28.6 Å². The summed E-state index contributed by atoms with van der Waals surface area (Å²) in [6, 6.07) is 0. The Morgan fingerprint density at radius 3 is 2.16 bits per heavy atom. The first kappa shape index (κ1) is 58.8. The normalized spacial score (nSPS) is 20.6. The van der Waals surface area contributed by atoms with Crippen LogP contribution in [0.25, 0.3) is 11.2 Å². The van der Waals surface area contributed by atoms with Crippen LogP contribution in [0.3, 0.4) is 0 Å². The predicted octanol–water partition coefficient (Wildman–Crippen LogP) is 2.09. The third-order valence-electron chi connectivity index (χ3n) is 10.4. The first-order valence-electron chi connectivity index (χ1n) is 21.8. The van der Waals surface area contributed by atoms with Gasteiger partial charge in [0.15, 0.2) is 22.8 Å². The van der Waals surface area contributed by atoms with E-state index < -0.39 is 84.6 Å². The first-order valence-corrected chi connectivity index (χ1v) is 27.3. The van der Waals surface area contributed by atoms with E-state index in [2.05, 4.69) is 34.4 Å². The van der Waals surface area contributed by atoms with E-state index in [0.29, 0.717) is 12.2 Å². The number of carbonyl (C=O) groups is 3. The van der Waals surface area contributed by atoms with E-state index in [1.54, 1.807) is 0 Å². The van der Waals surface area contributed by atoms with Crippen LogP contribution < -0.4 is 16.4 Å². The lowest BCUT2D eigenvalue weighted by Crippen LogP contribution is -2.46. The zero-order chi connectivity index (χ0) is 49.8. The molecule has 0 aromatic carbocycles. The van der Waals surface area contributed by atoms with E-state index in [1.165, 1.54) is 13.8 Å². The average Bonchev–Trinajstić information content (AvgIpc) is 3.81. The summed E-state index contributed by atoms with van der Waals surface area (Å²) in [5, 5.41) is 45.5. The Morgan fingerprint density at radius 2 is 1.51 bits per heavy atom. The number of fused-ring (bicyclic) bond motifs is 1. The minimum Gasteiger partial charge on any atom is -0.396 e. The van der Waals surface area contributed by atoms with Crippen molar-refractivity contribution < 1.29 is 90.7 Å². The molecule has 2 aromatic heterocycles. The molecule has 30 heteroatoms. The number of nitrogens with two attached hydrogens (primary N) is 1. The van der Waals surface area contributed by atoms with Crippen molar-refractivity contribution in [1.29, 1.82) is 0 Å². The van der Waals surface area contributed by atoms with Crippen LogP contribution in [0.4, 0.5) is 5.82 Å². The Kier molecular flexibility index (Phi) is 24.9. The molecule has 26 nitrogen and oxygen atoms in total. The smallest absolute Gasteiger partial charge is 0.396 e. The number of nitrogens with zero attached hydrogens (tertiary/aromatic N) is 4. The quantitative estimate of drug-likeness (QED) is 0.0353. The minimum absolute atomic E-state index is 0.0216. The second-order valence-corrected chi connectivity index (χ2v) is 21.9. The number of ether oxygens (including phenoxy) is 1. The van der Waals surface area contributed by atoms with Gasteiger partial charge in [0.1, 0.15) is 36.3 Å². The monoisotopic (exact) mass is 1040 g/mol. The fourth-order valence-electron chi connectivity index (χ4n) is 6.71. The number of amides is 2. The third kappa shape index (κ3) is 21.6. The topological polar surface area (TPSA) is 404 Å². The van der Waals surface area contributed by atoms with Crippen LogP contribution in [0.15, 0.2) is 12.7 Å². The van der Waals surface area contributed by atoms with Crippen LogP contribution in [0.5, 0.6) is 0 Å². The molecule has 2 amide bonds. The average molecular weight is 1040 g/mol. The van der Waals surface area contributed by atoms with Gasteiger partial charge in [-0.05, 0) is 25.7 Å². The van der Waals surface area contributed by atoms with Crippen molar-refractivity contribution in [2.45, 2.75) is 140 Å². The molecule has 384 valence electrons. The summed E-state index contributed by atoms with van der Waals surface area (Å²) in [6.07, 6.45) is 4.35. The number of carbonyl (C=O) groups excluding carboxylic acids is 3. The van der Waals surface area contributed by atoms with Crippen molar-refractivity contribution in [3.63, 3.8) is 0 Å². The number of aromatic nitrogens is 4. The molecule has 12 N–H and O–H groups in total. The molecule has 0 saturated carbocycles. The number of hydrogen-bond donors (Lipinski definition) is 11. The molecule has 1 aliphatic rings. The Morgan fingerprint density at radius 1 is 0.881 bits per heavy atom. The SMILES string of the molecule is CC(C)(COP(=O)(O)OP(=O)(O)OC[C@H]1O[C@@H](n2cnc3c(N)ncnc32)[C@H](O)[C@@H]1OP(=O)(O)O)[C@@H](O)C(=O)NCCC(=O)NCCSC(=O)CCCCCCCCC(O)CCCCCCO. The highest BCUT2D eigenvalue weighted by molar-refractivity contribution is 8.13. The van der Waals surface area contributed by atoms with Crippen molar-refractivity contribution in [2.24, 2.45) is 5.41 Å². The van der Waals surface area contributed by atoms with E-state index in [-0.39, 0.29) is 54.3 Å². The molecule has 0 spiro atoms. The lowest BCUT2D eigenvalue weighted by Gasteiger charge is -2.30. The zero-order valence-electron chi connectivity index (χ0n) is 37.4. The van der Waals surface area contributed by atoms with Crippen molar-refractivity contribution in [1.82, 2.24) is 30.2 Å². The number of anilines is 1. The number of hydrogen-bond acceptors (Lipinski definition) is 20. The van der Waals surface area contributed by atoms with Gasteiger partial charge in [0.25, 0.3) is 0 Å². The number of thioether (sulfide) groups is 1. The molecule has 1 saturated heterocycles. The maximum atomic E-state index is 12.7. The number of unbranched alkanes of at least 4 members (excludes halogenated alkanes) is 8. The summed E-state index contributed by atoms with van der Waals surface area (Å²) >= 11 is 1.12. The number of phosphoric acid groups is 3. The first-order chi connectivity index (χ1) is 31.4. The van der Waals surface area contributed by atoms with Crippen molar-refractivity contribution in [3.05, 3.63) is 12.7 Å². The molecule has 1 aliphatic heterocycles. The second kappa shape index (κ2) is 28.4. The lowest BCUT2D eigenvalue weighted by molar-refractivity contribution is -0.137. The Hall–Kier alpha value is -2.52. The van der Waals surface area contributed by atoms with E-state index in [0.717, 1.165) is 106 Å². The molecule has 0 aliphatic carbocycles. The lowest BCUT2D eigenvalue weighted by atomic mass is 9.87. The molecule has 0 bridgehead atoms. The molecule has 3 unspecified atom stereocenters. The van der Waals surface area contributed by atoms with Crippen LogP contribution in [0.1, 0.15) is 110 Å². The number of nitrogen functional groups attached to an aromatic ring is 1. The highest BCUT2D eigenvalue weighted by Gasteiger charge is 2.50. The predicted molar refractivity (Wildman–Crippen MR) is 240 cm³/mol. The van der Waals surface area contributed by atoms with Crippen LogP contribution in [-0.4, -0.2) is 146 Å². The maximum Gasteiger partial charge on any atom is 0.481 e. The molecule has 3 heterocycles. The van der Waals surface area contributed by atoms with Crippen LogP contribution in [0, 0.1) is 5.41 Å². The minimum atomic E-state index is -5.58. The third-order valence-corrected chi connectivity index (χ3v) is 14.4. The summed E-state index contributed by atoms with van der Waals surface area (Å²) in [6.45, 7) is 0.698. The number of aliphatic hydroxyl groups is 4. The van der Waals surface area contributed by atoms with E-state index >= 15 is 0 Å². The number of phosphoric ester groups is 3. The molecule has 1 fully saturated rings. The largest absolute Gasteiger partial charge is 0.481 e. The molecule has 8 atom stereocenters. The number of rotatable bonds is 34. The Balaban J connectivity index is 1.31. The number of imidazole rings is 1. The Bertz CT molecular complexity index is 2020. The van der Waals surface area contributed by atoms with Gasteiger partial charge < -0.3 is 61.1 Å². The van der Waals surface area contributed by atoms with Gasteiger partial charge in [-0.15, -0.1) is 0 Å². The van der Waals surface area contributed by atoms with Crippen LogP contribution in [0.2, 0.25) is 0 Å². The van der Waals surface area contributed by atoms with Gasteiger partial charge >= 0.3 is 23.5 Å². The highest BCUT2D eigenvalue weighted by atomic mass is 32.2. The molecule has 0 radical (unpaired) electrons. The summed E-state index contributed by atoms with van der Waals surface area (Å²) in [7, 11) is -16.4. The standard InChI is InChI=1S/C37H66N7O19P3S/c1-37(2,32(50)35(51)40-17-16-27(47)39-18-20-67-28(48)15-11-6-4-3-5-9-13-25(46)14-10-7-8-12-19-45)22-60-66(57,58)63-65(55,56)59-21-26-31(62-64(52,53)54)30(49)36(61-26)44-24-43-29-33(38)41-23-42-34(29)44/h23-26,30-32,36,45-46,49-50H,3-22H2,1-2H3,(H,39,47)(H,40,51)(H,55,56)(H,57,58)(H2,38,41,42)(H2,52,53,54)/t25?,26-,30-,31-,32+,36-/m1/s1. The number of aliphatic hydroxyl groups excluding tert-OH is 4. The fraction of sp³-hybridized carbons (Fsp3) is 0.784. The molecule has 2 aromatic rings. The van der Waals surface area contributed by atoms with Gasteiger partial charge in [0.05, 0.1) is 25.6 Å². The van der Waals surface area contributed by atoms with E-state index in [4.69, 9.17) is 24.6 Å². The van der Waals surface area contributed by atoms with Gasteiger partial charge in [-0.3, -0.25) is 32.5 Å². The molecular weight excluding hydrogens is 971 g/mol. The number of nitrogens with one attached hydrogen (secondary N) is 2. The molecular formula is C37H66N7O19P3S. The van der Waals surface area contributed by atoms with Crippen molar-refractivity contribution in [2.75, 3.05) is 44.4 Å². The van der Waals surface area contributed by atoms with Crippen molar-refractivity contribution in [3.8, 4) is 0 Å². The van der Waals surface area contributed by atoms with Gasteiger partial charge in [0.2, 0.25) is 11.8 Å². The fourth-order valence-corrected chi connectivity index (χ4v) is 10.3. The van der Waals surface area contributed by atoms with Crippen molar-refractivity contribution >= 4 is 69.1 Å². The summed E-state index contributed by atoms with van der Waals surface area (Å²) in [5.41, 5.74) is 4.26. The summed E-state index contributed by atoms with van der Waals surface area (Å²) in [5.74, 6) is -1.10. The molecule has 3 rings (SSSR count). The zero-order valence-corrected chi connectivity index (χ0v) is 40.9.